The fourth-order valence-corrected chi connectivity index (χ4v) is 1.58. The number of rotatable bonds is 4. The minimum Gasteiger partial charge on any atom is -0.392 e. The van der Waals surface area contributed by atoms with Crippen LogP contribution in [0, 0.1) is 0 Å². The first-order chi connectivity index (χ1) is 6.33. The van der Waals surface area contributed by atoms with E-state index in [1.807, 2.05) is 0 Å². The maximum Gasteiger partial charge on any atom is 0.0689 e. The Balaban J connectivity index is 2.15. The van der Waals surface area contributed by atoms with Gasteiger partial charge in [-0.2, -0.15) is 0 Å². The smallest absolute Gasteiger partial charge is 0.0689 e. The maximum atomic E-state index is 9.47. The molecule has 3 nitrogen and oxygen atoms in total. The molecule has 1 saturated heterocycles. The molecule has 2 unspecified atom stereocenters. The molecular formula is C10H21NO2. The fraction of sp³-hybridized carbons (Fsp3) is 1.00. The second-order valence-electron chi connectivity index (χ2n) is 3.73. The normalized spacial score (nSPS) is 30.0. The van der Waals surface area contributed by atoms with Crippen LogP contribution >= 0.6 is 0 Å². The molecule has 2 N–H and O–H groups in total. The monoisotopic (exact) mass is 187 g/mol. The van der Waals surface area contributed by atoms with Gasteiger partial charge in [-0.3, -0.25) is 0 Å². The van der Waals surface area contributed by atoms with Gasteiger partial charge in [0.1, 0.15) is 0 Å². The molecule has 0 saturated carbocycles. The molecule has 0 spiro atoms. The van der Waals surface area contributed by atoms with Crippen molar-refractivity contribution in [3.05, 3.63) is 0 Å². The van der Waals surface area contributed by atoms with E-state index >= 15 is 0 Å². The lowest BCUT2D eigenvalue weighted by Gasteiger charge is -2.16. The SMILES string of the molecule is CCCCOC1CCNCC(O)C1. The van der Waals surface area contributed by atoms with E-state index in [4.69, 9.17) is 4.74 Å². The zero-order chi connectivity index (χ0) is 9.52. The lowest BCUT2D eigenvalue weighted by Crippen LogP contribution is -2.24. The molecule has 1 rings (SSSR count). The summed E-state index contributed by atoms with van der Waals surface area (Å²) >= 11 is 0. The van der Waals surface area contributed by atoms with Crippen LogP contribution in [-0.2, 0) is 4.74 Å². The third-order valence-electron chi connectivity index (χ3n) is 2.41. The molecule has 0 aromatic rings. The van der Waals surface area contributed by atoms with Crippen LogP contribution in [0.15, 0.2) is 0 Å². The molecule has 0 radical (unpaired) electrons. The number of ether oxygens (including phenoxy) is 1. The Kier molecular flexibility index (Phi) is 5.35. The number of hydrogen-bond donors (Lipinski definition) is 2. The predicted octanol–water partition coefficient (Wildman–Crippen LogP) is 0.916. The summed E-state index contributed by atoms with van der Waals surface area (Å²) in [5.41, 5.74) is 0. The Morgan fingerprint density at radius 2 is 2.38 bits per heavy atom. The maximum absolute atomic E-state index is 9.47. The molecule has 0 aromatic carbocycles. The Morgan fingerprint density at radius 1 is 1.54 bits per heavy atom. The fourth-order valence-electron chi connectivity index (χ4n) is 1.58. The lowest BCUT2D eigenvalue weighted by molar-refractivity contribution is 0.0181. The number of hydrogen-bond acceptors (Lipinski definition) is 3. The van der Waals surface area contributed by atoms with E-state index in [2.05, 4.69) is 12.2 Å². The molecule has 13 heavy (non-hydrogen) atoms. The van der Waals surface area contributed by atoms with Gasteiger partial charge in [-0.25, -0.2) is 0 Å². The van der Waals surface area contributed by atoms with E-state index in [1.54, 1.807) is 0 Å². The summed E-state index contributed by atoms with van der Waals surface area (Å²) in [6, 6.07) is 0. The molecule has 0 bridgehead atoms. The van der Waals surface area contributed by atoms with Crippen LogP contribution in [0.4, 0.5) is 0 Å². The van der Waals surface area contributed by atoms with Gasteiger partial charge in [-0.1, -0.05) is 13.3 Å². The Labute approximate surface area is 80.5 Å². The topological polar surface area (TPSA) is 41.5 Å². The molecule has 0 aromatic heterocycles. The van der Waals surface area contributed by atoms with E-state index in [0.717, 1.165) is 32.4 Å². The van der Waals surface area contributed by atoms with Crippen molar-refractivity contribution in [2.45, 2.75) is 44.8 Å². The van der Waals surface area contributed by atoms with Gasteiger partial charge in [0.25, 0.3) is 0 Å². The van der Waals surface area contributed by atoms with Gasteiger partial charge >= 0.3 is 0 Å². The molecule has 0 amide bonds. The van der Waals surface area contributed by atoms with Crippen LogP contribution in [0.5, 0.6) is 0 Å². The van der Waals surface area contributed by atoms with Crippen LogP contribution in [-0.4, -0.2) is 37.0 Å². The third kappa shape index (κ3) is 4.60. The number of unbranched alkanes of at least 4 members (excludes halogenated alkanes) is 1. The second-order valence-corrected chi connectivity index (χ2v) is 3.73. The predicted molar refractivity (Wildman–Crippen MR) is 52.8 cm³/mol. The van der Waals surface area contributed by atoms with Gasteiger partial charge in [0.15, 0.2) is 0 Å². The molecular weight excluding hydrogens is 166 g/mol. The number of β-amino-alcohol motifs (C(OH)–C–C–N with tert-alkyl or cyclic N) is 1. The first-order valence-electron chi connectivity index (χ1n) is 5.33. The molecule has 1 aliphatic heterocycles. The van der Waals surface area contributed by atoms with E-state index in [-0.39, 0.29) is 12.2 Å². The van der Waals surface area contributed by atoms with Gasteiger partial charge in [0.2, 0.25) is 0 Å². The van der Waals surface area contributed by atoms with Crippen molar-refractivity contribution in [2.24, 2.45) is 0 Å². The number of aliphatic hydroxyl groups excluding tert-OH is 1. The first kappa shape index (κ1) is 11.0. The second kappa shape index (κ2) is 6.35. The van der Waals surface area contributed by atoms with E-state index in [0.29, 0.717) is 6.54 Å². The van der Waals surface area contributed by atoms with Gasteiger partial charge in [-0.15, -0.1) is 0 Å². The highest BCUT2D eigenvalue weighted by Gasteiger charge is 2.17. The molecule has 1 fully saturated rings. The van der Waals surface area contributed by atoms with Crippen molar-refractivity contribution in [3.8, 4) is 0 Å². The molecule has 78 valence electrons. The van der Waals surface area contributed by atoms with Crippen molar-refractivity contribution in [3.63, 3.8) is 0 Å². The highest BCUT2D eigenvalue weighted by atomic mass is 16.5. The largest absolute Gasteiger partial charge is 0.392 e. The van der Waals surface area contributed by atoms with E-state index in [9.17, 15) is 5.11 Å². The summed E-state index contributed by atoms with van der Waals surface area (Å²) in [5, 5.41) is 12.7. The van der Waals surface area contributed by atoms with Crippen molar-refractivity contribution < 1.29 is 9.84 Å². The Morgan fingerprint density at radius 3 is 3.15 bits per heavy atom. The summed E-state index contributed by atoms with van der Waals surface area (Å²) in [6.45, 7) is 4.68. The molecule has 1 aliphatic rings. The number of nitrogens with one attached hydrogen (secondary N) is 1. The van der Waals surface area contributed by atoms with Crippen LogP contribution in [0.3, 0.4) is 0 Å². The van der Waals surface area contributed by atoms with Crippen LogP contribution in [0.25, 0.3) is 0 Å². The molecule has 0 aliphatic carbocycles. The van der Waals surface area contributed by atoms with E-state index < -0.39 is 0 Å². The summed E-state index contributed by atoms with van der Waals surface area (Å²) in [6.07, 6.45) is 4.15. The highest BCUT2D eigenvalue weighted by molar-refractivity contribution is 4.72. The summed E-state index contributed by atoms with van der Waals surface area (Å²) < 4.78 is 5.67. The van der Waals surface area contributed by atoms with Crippen molar-refractivity contribution in [1.82, 2.24) is 5.32 Å². The van der Waals surface area contributed by atoms with Gasteiger partial charge < -0.3 is 15.2 Å². The van der Waals surface area contributed by atoms with Crippen molar-refractivity contribution in [2.75, 3.05) is 19.7 Å². The summed E-state index contributed by atoms with van der Waals surface area (Å²) in [4.78, 5) is 0. The minimum atomic E-state index is -0.228. The van der Waals surface area contributed by atoms with Crippen molar-refractivity contribution >= 4 is 0 Å². The molecule has 3 heteroatoms. The first-order valence-corrected chi connectivity index (χ1v) is 5.33. The molecule has 2 atom stereocenters. The van der Waals surface area contributed by atoms with Gasteiger partial charge in [-0.05, 0) is 19.4 Å². The average Bonchev–Trinajstić information content (AvgIpc) is 2.31. The van der Waals surface area contributed by atoms with Crippen LogP contribution in [0.1, 0.15) is 32.6 Å². The zero-order valence-electron chi connectivity index (χ0n) is 8.46. The average molecular weight is 187 g/mol. The molecule has 1 heterocycles. The van der Waals surface area contributed by atoms with Gasteiger partial charge in [0.05, 0.1) is 12.2 Å². The number of aliphatic hydroxyl groups is 1. The highest BCUT2D eigenvalue weighted by Crippen LogP contribution is 2.10. The minimum absolute atomic E-state index is 0.228. The van der Waals surface area contributed by atoms with Crippen molar-refractivity contribution in [1.29, 1.82) is 0 Å². The van der Waals surface area contributed by atoms with Crippen LogP contribution in [0.2, 0.25) is 0 Å². The lowest BCUT2D eigenvalue weighted by atomic mass is 10.1. The van der Waals surface area contributed by atoms with E-state index in [1.165, 1.54) is 6.42 Å². The quantitative estimate of drug-likeness (QED) is 0.643. The standard InChI is InChI=1S/C10H21NO2/c1-2-3-6-13-10-4-5-11-8-9(12)7-10/h9-12H,2-8H2,1H3. The Bertz CT molecular complexity index is 130. The summed E-state index contributed by atoms with van der Waals surface area (Å²) in [7, 11) is 0. The Hall–Kier alpha value is -0.120. The summed E-state index contributed by atoms with van der Waals surface area (Å²) in [5.74, 6) is 0. The third-order valence-corrected chi connectivity index (χ3v) is 2.41. The van der Waals surface area contributed by atoms with Crippen LogP contribution < -0.4 is 5.32 Å². The zero-order valence-corrected chi connectivity index (χ0v) is 8.46. The van der Waals surface area contributed by atoms with Gasteiger partial charge in [0, 0.05) is 19.6 Å².